The number of rotatable bonds is 4. The van der Waals surface area contributed by atoms with E-state index in [1.807, 2.05) is 30.5 Å². The minimum Gasteiger partial charge on any atom is -0.328 e. The molecule has 20 heavy (non-hydrogen) atoms. The Bertz CT molecular complexity index is 466. The zero-order chi connectivity index (χ0) is 14.5. The minimum absolute atomic E-state index is 0.0498. The molecule has 1 amide bonds. The molecule has 1 aromatic carbocycles. The van der Waals surface area contributed by atoms with Crippen LogP contribution < -0.4 is 11.1 Å². The van der Waals surface area contributed by atoms with Crippen molar-refractivity contribution >= 4 is 23.4 Å². The molecule has 3 N–H and O–H groups in total. The number of hydrogen-bond acceptors (Lipinski definition) is 4. The number of thioether (sulfide) groups is 1. The van der Waals surface area contributed by atoms with Gasteiger partial charge in [0.05, 0.1) is 12.2 Å². The van der Waals surface area contributed by atoms with E-state index in [1.165, 1.54) is 0 Å². The van der Waals surface area contributed by atoms with Gasteiger partial charge in [0.25, 0.3) is 0 Å². The topological polar surface area (TPSA) is 58.4 Å². The van der Waals surface area contributed by atoms with Crippen LogP contribution in [0.5, 0.6) is 0 Å². The third-order valence-electron chi connectivity index (χ3n) is 3.78. The number of benzene rings is 1. The van der Waals surface area contributed by atoms with Gasteiger partial charge in [-0.3, -0.25) is 9.69 Å². The molecule has 5 heteroatoms. The average molecular weight is 293 g/mol. The first-order chi connectivity index (χ1) is 9.60. The lowest BCUT2D eigenvalue weighted by Gasteiger charge is -2.35. The standard InChI is InChI=1S/C15H23N3OS/c1-11-9-12(16)7-8-18(11)10-15(19)17-13-5-3-4-6-14(13)20-2/h3-6,11-12H,7-10,16H2,1-2H3,(H,17,19). The predicted octanol–water partition coefficient (Wildman–Crippen LogP) is 2.16. The molecule has 1 saturated heterocycles. The molecular formula is C15H23N3OS. The minimum atomic E-state index is 0.0498. The fourth-order valence-electron chi connectivity index (χ4n) is 2.61. The van der Waals surface area contributed by atoms with Crippen LogP contribution >= 0.6 is 11.8 Å². The SMILES string of the molecule is CSc1ccccc1NC(=O)CN1CCC(N)CC1C. The average Bonchev–Trinajstić information content (AvgIpc) is 2.42. The lowest BCUT2D eigenvalue weighted by atomic mass is 9.99. The van der Waals surface area contributed by atoms with Crippen molar-refractivity contribution in [3.05, 3.63) is 24.3 Å². The van der Waals surface area contributed by atoms with E-state index in [0.29, 0.717) is 12.6 Å². The molecule has 1 fully saturated rings. The third-order valence-corrected chi connectivity index (χ3v) is 4.58. The van der Waals surface area contributed by atoms with Gasteiger partial charge in [-0.1, -0.05) is 12.1 Å². The highest BCUT2D eigenvalue weighted by Gasteiger charge is 2.24. The van der Waals surface area contributed by atoms with Gasteiger partial charge in [-0.05, 0) is 38.2 Å². The second-order valence-electron chi connectivity index (χ2n) is 5.35. The van der Waals surface area contributed by atoms with Crippen molar-refractivity contribution in [2.24, 2.45) is 5.73 Å². The Labute approximate surface area is 125 Å². The van der Waals surface area contributed by atoms with Gasteiger partial charge in [-0.25, -0.2) is 0 Å². The van der Waals surface area contributed by atoms with Gasteiger partial charge in [0, 0.05) is 23.5 Å². The zero-order valence-corrected chi connectivity index (χ0v) is 13.0. The summed E-state index contributed by atoms with van der Waals surface area (Å²) < 4.78 is 0. The van der Waals surface area contributed by atoms with Crippen LogP contribution in [0.25, 0.3) is 0 Å². The summed E-state index contributed by atoms with van der Waals surface area (Å²) in [6.45, 7) is 3.48. The molecular weight excluding hydrogens is 270 g/mol. The van der Waals surface area contributed by atoms with E-state index >= 15 is 0 Å². The molecule has 4 nitrogen and oxygen atoms in total. The summed E-state index contributed by atoms with van der Waals surface area (Å²) in [4.78, 5) is 15.5. The summed E-state index contributed by atoms with van der Waals surface area (Å²) in [7, 11) is 0. The highest BCUT2D eigenvalue weighted by molar-refractivity contribution is 7.98. The van der Waals surface area contributed by atoms with Crippen LogP contribution in [0.2, 0.25) is 0 Å². The van der Waals surface area contributed by atoms with Gasteiger partial charge in [0.15, 0.2) is 0 Å². The molecule has 0 saturated carbocycles. The van der Waals surface area contributed by atoms with Crippen molar-refractivity contribution < 1.29 is 4.79 Å². The van der Waals surface area contributed by atoms with E-state index in [2.05, 4.69) is 17.1 Å². The number of nitrogens with one attached hydrogen (secondary N) is 1. The van der Waals surface area contributed by atoms with Crippen LogP contribution in [0.1, 0.15) is 19.8 Å². The molecule has 0 radical (unpaired) electrons. The highest BCUT2D eigenvalue weighted by atomic mass is 32.2. The number of hydrogen-bond donors (Lipinski definition) is 2. The van der Waals surface area contributed by atoms with E-state index in [-0.39, 0.29) is 11.9 Å². The smallest absolute Gasteiger partial charge is 0.238 e. The Morgan fingerprint density at radius 1 is 1.50 bits per heavy atom. The first kappa shape index (κ1) is 15.4. The maximum absolute atomic E-state index is 12.2. The predicted molar refractivity (Wildman–Crippen MR) is 85.1 cm³/mol. The number of nitrogens with zero attached hydrogens (tertiary/aromatic N) is 1. The Morgan fingerprint density at radius 2 is 2.25 bits per heavy atom. The van der Waals surface area contributed by atoms with Crippen LogP contribution in [-0.2, 0) is 4.79 Å². The van der Waals surface area contributed by atoms with Crippen molar-refractivity contribution in [3.63, 3.8) is 0 Å². The zero-order valence-electron chi connectivity index (χ0n) is 12.1. The summed E-state index contributed by atoms with van der Waals surface area (Å²) in [6, 6.07) is 8.54. The summed E-state index contributed by atoms with van der Waals surface area (Å²) in [5, 5.41) is 3.01. The Balaban J connectivity index is 1.92. The fraction of sp³-hybridized carbons (Fsp3) is 0.533. The van der Waals surface area contributed by atoms with Gasteiger partial charge in [-0.15, -0.1) is 11.8 Å². The van der Waals surface area contributed by atoms with Crippen LogP contribution in [0.15, 0.2) is 29.2 Å². The third kappa shape index (κ3) is 3.98. The highest BCUT2D eigenvalue weighted by Crippen LogP contribution is 2.24. The molecule has 0 bridgehead atoms. The Hall–Kier alpha value is -1.04. The van der Waals surface area contributed by atoms with Crippen molar-refractivity contribution in [3.8, 4) is 0 Å². The van der Waals surface area contributed by atoms with Gasteiger partial charge in [-0.2, -0.15) is 0 Å². The van der Waals surface area contributed by atoms with Crippen LogP contribution in [0, 0.1) is 0 Å². The second kappa shape index (κ2) is 7.11. The first-order valence-electron chi connectivity index (χ1n) is 7.02. The normalized spacial score (nSPS) is 23.6. The summed E-state index contributed by atoms with van der Waals surface area (Å²) >= 11 is 1.64. The molecule has 2 atom stereocenters. The van der Waals surface area contributed by atoms with Gasteiger partial charge in [0.1, 0.15) is 0 Å². The van der Waals surface area contributed by atoms with Crippen molar-refractivity contribution in [2.45, 2.75) is 36.7 Å². The quantitative estimate of drug-likeness (QED) is 0.835. The van der Waals surface area contributed by atoms with Gasteiger partial charge in [0.2, 0.25) is 5.91 Å². The number of nitrogens with two attached hydrogens (primary N) is 1. The Kier molecular flexibility index (Phi) is 5.46. The molecule has 1 heterocycles. The number of piperidine rings is 1. The van der Waals surface area contributed by atoms with Crippen LogP contribution in [-0.4, -0.2) is 42.2 Å². The fourth-order valence-corrected chi connectivity index (χ4v) is 3.17. The Morgan fingerprint density at radius 3 is 2.95 bits per heavy atom. The number of carbonyl (C=O) groups excluding carboxylic acids is 1. The molecule has 1 aliphatic heterocycles. The summed E-state index contributed by atoms with van der Waals surface area (Å²) in [5.41, 5.74) is 6.84. The maximum atomic E-state index is 12.2. The summed E-state index contributed by atoms with van der Waals surface area (Å²) in [6.07, 6.45) is 3.95. The molecule has 2 unspecified atom stereocenters. The molecule has 1 aliphatic rings. The number of carbonyl (C=O) groups is 1. The van der Waals surface area contributed by atoms with E-state index in [1.54, 1.807) is 11.8 Å². The van der Waals surface area contributed by atoms with Crippen LogP contribution in [0.3, 0.4) is 0 Å². The number of likely N-dealkylation sites (tertiary alicyclic amines) is 1. The lowest BCUT2D eigenvalue weighted by Crippen LogP contribution is -2.48. The summed E-state index contributed by atoms with van der Waals surface area (Å²) in [5.74, 6) is 0.0498. The first-order valence-corrected chi connectivity index (χ1v) is 8.25. The van der Waals surface area contributed by atoms with Crippen LogP contribution in [0.4, 0.5) is 5.69 Å². The number of amides is 1. The molecule has 1 aromatic rings. The van der Waals surface area contributed by atoms with E-state index in [9.17, 15) is 4.79 Å². The monoisotopic (exact) mass is 293 g/mol. The molecule has 110 valence electrons. The maximum Gasteiger partial charge on any atom is 0.238 e. The van der Waals surface area contributed by atoms with Crippen molar-refractivity contribution in [1.29, 1.82) is 0 Å². The molecule has 2 rings (SSSR count). The molecule has 0 aromatic heterocycles. The van der Waals surface area contributed by atoms with E-state index < -0.39 is 0 Å². The number of para-hydroxylation sites is 1. The van der Waals surface area contributed by atoms with Gasteiger partial charge >= 0.3 is 0 Å². The van der Waals surface area contributed by atoms with Gasteiger partial charge < -0.3 is 11.1 Å². The van der Waals surface area contributed by atoms with Crippen molar-refractivity contribution in [2.75, 3.05) is 24.7 Å². The van der Waals surface area contributed by atoms with E-state index in [0.717, 1.165) is 30.0 Å². The molecule has 0 aliphatic carbocycles. The molecule has 0 spiro atoms. The number of anilines is 1. The largest absolute Gasteiger partial charge is 0.328 e. The lowest BCUT2D eigenvalue weighted by molar-refractivity contribution is -0.118. The second-order valence-corrected chi connectivity index (χ2v) is 6.20. The van der Waals surface area contributed by atoms with E-state index in [4.69, 9.17) is 5.73 Å². The van der Waals surface area contributed by atoms with Crippen molar-refractivity contribution in [1.82, 2.24) is 4.90 Å².